The summed E-state index contributed by atoms with van der Waals surface area (Å²) in [4.78, 5) is 12.4. The molecule has 0 bridgehead atoms. The highest BCUT2D eigenvalue weighted by atomic mass is 32.2. The molecule has 5 nitrogen and oxygen atoms in total. The standard InChI is InChI=1S/C14H20N2O3S2/c1-2-9-20-16(13-8-10-21(18,19)11-13)14(17)15-12-6-4-3-5-7-12/h3-7,13H,2,8-11H2,1H3,(H,15,17). The van der Waals surface area contributed by atoms with Crippen molar-refractivity contribution in [2.75, 3.05) is 22.6 Å². The van der Waals surface area contributed by atoms with Gasteiger partial charge in [0.1, 0.15) is 0 Å². The van der Waals surface area contributed by atoms with Gasteiger partial charge in [-0.3, -0.25) is 4.31 Å². The van der Waals surface area contributed by atoms with Crippen molar-refractivity contribution in [3.8, 4) is 0 Å². The van der Waals surface area contributed by atoms with Crippen LogP contribution in [0.1, 0.15) is 19.8 Å². The van der Waals surface area contributed by atoms with Crippen LogP contribution in [0.15, 0.2) is 30.3 Å². The minimum absolute atomic E-state index is 0.0614. The summed E-state index contributed by atoms with van der Waals surface area (Å²) >= 11 is 1.40. The third kappa shape index (κ3) is 4.64. The number of nitrogens with one attached hydrogen (secondary N) is 1. The number of hydrogen-bond acceptors (Lipinski definition) is 4. The zero-order valence-corrected chi connectivity index (χ0v) is 13.6. The molecule has 2 rings (SSSR count). The number of carbonyl (C=O) groups is 1. The van der Waals surface area contributed by atoms with Crippen LogP contribution in [0.2, 0.25) is 0 Å². The Kier molecular flexibility index (Phi) is 5.52. The van der Waals surface area contributed by atoms with Gasteiger partial charge in [-0.05, 0) is 36.9 Å². The predicted molar refractivity (Wildman–Crippen MR) is 87.1 cm³/mol. The molecule has 1 aliphatic heterocycles. The van der Waals surface area contributed by atoms with E-state index in [-0.39, 0.29) is 23.6 Å². The number of sulfone groups is 1. The minimum Gasteiger partial charge on any atom is -0.307 e. The van der Waals surface area contributed by atoms with Gasteiger partial charge in [0.2, 0.25) is 0 Å². The number of carbonyl (C=O) groups excluding carboxylic acids is 1. The monoisotopic (exact) mass is 328 g/mol. The van der Waals surface area contributed by atoms with Gasteiger partial charge in [0.05, 0.1) is 17.5 Å². The van der Waals surface area contributed by atoms with Gasteiger partial charge in [-0.15, -0.1) is 0 Å². The molecule has 2 amide bonds. The van der Waals surface area contributed by atoms with E-state index >= 15 is 0 Å². The van der Waals surface area contributed by atoms with Crippen molar-refractivity contribution >= 4 is 33.5 Å². The van der Waals surface area contributed by atoms with Crippen LogP contribution < -0.4 is 5.32 Å². The Morgan fingerprint density at radius 2 is 2.10 bits per heavy atom. The van der Waals surface area contributed by atoms with Crippen molar-refractivity contribution in [3.63, 3.8) is 0 Å². The smallest absolute Gasteiger partial charge is 0.307 e. The average molecular weight is 328 g/mol. The Balaban J connectivity index is 2.06. The summed E-state index contributed by atoms with van der Waals surface area (Å²) in [5, 5.41) is 2.83. The van der Waals surface area contributed by atoms with E-state index in [1.54, 1.807) is 4.31 Å². The van der Waals surface area contributed by atoms with Crippen molar-refractivity contribution in [1.82, 2.24) is 4.31 Å². The normalized spacial score (nSPS) is 20.1. The lowest BCUT2D eigenvalue weighted by Gasteiger charge is -2.26. The Morgan fingerprint density at radius 3 is 2.67 bits per heavy atom. The first-order valence-electron chi connectivity index (χ1n) is 7.00. The number of rotatable bonds is 5. The predicted octanol–water partition coefficient (Wildman–Crippen LogP) is 2.77. The van der Waals surface area contributed by atoms with Gasteiger partial charge in [-0.1, -0.05) is 25.1 Å². The lowest BCUT2D eigenvalue weighted by atomic mass is 10.3. The number of nitrogens with zero attached hydrogens (tertiary/aromatic N) is 1. The lowest BCUT2D eigenvalue weighted by Crippen LogP contribution is -2.39. The van der Waals surface area contributed by atoms with Crippen LogP contribution in [0.25, 0.3) is 0 Å². The molecular weight excluding hydrogens is 308 g/mol. The molecule has 1 aromatic rings. The molecule has 0 aromatic heterocycles. The Bertz CT molecular complexity index is 575. The van der Waals surface area contributed by atoms with Crippen LogP contribution >= 0.6 is 11.9 Å². The van der Waals surface area contributed by atoms with E-state index < -0.39 is 9.84 Å². The first kappa shape index (κ1) is 16.2. The van der Waals surface area contributed by atoms with Crippen LogP contribution in [-0.4, -0.2) is 42.1 Å². The van der Waals surface area contributed by atoms with Crippen LogP contribution in [0.3, 0.4) is 0 Å². The van der Waals surface area contributed by atoms with E-state index in [0.29, 0.717) is 12.1 Å². The van der Waals surface area contributed by atoms with Crippen LogP contribution in [0.4, 0.5) is 10.5 Å². The largest absolute Gasteiger partial charge is 0.332 e. The molecule has 7 heteroatoms. The summed E-state index contributed by atoms with van der Waals surface area (Å²) in [6.07, 6.45) is 1.44. The van der Waals surface area contributed by atoms with E-state index in [2.05, 4.69) is 5.32 Å². The number of benzene rings is 1. The molecule has 1 heterocycles. The fourth-order valence-electron chi connectivity index (χ4n) is 2.18. The van der Waals surface area contributed by atoms with Gasteiger partial charge in [0.15, 0.2) is 9.84 Å². The molecule has 1 aromatic carbocycles. The Morgan fingerprint density at radius 1 is 1.38 bits per heavy atom. The molecule has 116 valence electrons. The molecule has 1 unspecified atom stereocenters. The minimum atomic E-state index is -3.01. The zero-order chi connectivity index (χ0) is 15.3. The third-order valence-electron chi connectivity index (χ3n) is 3.20. The van der Waals surface area contributed by atoms with E-state index in [1.165, 1.54) is 11.9 Å². The average Bonchev–Trinajstić information content (AvgIpc) is 2.80. The highest BCUT2D eigenvalue weighted by molar-refractivity contribution is 7.97. The molecule has 1 N–H and O–H groups in total. The van der Waals surface area contributed by atoms with E-state index in [9.17, 15) is 13.2 Å². The van der Waals surface area contributed by atoms with Gasteiger partial charge >= 0.3 is 6.03 Å². The lowest BCUT2D eigenvalue weighted by molar-refractivity contribution is 0.231. The van der Waals surface area contributed by atoms with Crippen molar-refractivity contribution in [3.05, 3.63) is 30.3 Å². The quantitative estimate of drug-likeness (QED) is 0.844. The topological polar surface area (TPSA) is 66.5 Å². The van der Waals surface area contributed by atoms with Crippen LogP contribution in [0, 0.1) is 0 Å². The second-order valence-electron chi connectivity index (χ2n) is 5.01. The Labute approximate surface area is 130 Å². The van der Waals surface area contributed by atoms with E-state index in [4.69, 9.17) is 0 Å². The van der Waals surface area contributed by atoms with Crippen LogP contribution in [-0.2, 0) is 9.84 Å². The number of urea groups is 1. The maximum absolute atomic E-state index is 12.4. The molecule has 0 aliphatic carbocycles. The maximum Gasteiger partial charge on any atom is 0.332 e. The van der Waals surface area contributed by atoms with E-state index in [1.807, 2.05) is 37.3 Å². The zero-order valence-electron chi connectivity index (χ0n) is 12.0. The Hall–Kier alpha value is -1.21. The molecule has 0 saturated carbocycles. The van der Waals surface area contributed by atoms with Gasteiger partial charge in [0, 0.05) is 11.4 Å². The third-order valence-corrected chi connectivity index (χ3v) is 6.28. The summed E-state index contributed by atoms with van der Waals surface area (Å²) in [7, 11) is -3.01. The van der Waals surface area contributed by atoms with Gasteiger partial charge in [-0.2, -0.15) is 0 Å². The van der Waals surface area contributed by atoms with Crippen molar-refractivity contribution in [2.45, 2.75) is 25.8 Å². The highest BCUT2D eigenvalue weighted by Gasteiger charge is 2.35. The molecule has 0 radical (unpaired) electrons. The number of amides is 2. The van der Waals surface area contributed by atoms with E-state index in [0.717, 1.165) is 12.2 Å². The fraction of sp³-hybridized carbons (Fsp3) is 0.500. The summed E-state index contributed by atoms with van der Waals surface area (Å²) in [5.74, 6) is 1.02. The molecule has 1 aliphatic rings. The second-order valence-corrected chi connectivity index (χ2v) is 8.30. The van der Waals surface area contributed by atoms with Gasteiger partial charge < -0.3 is 5.32 Å². The van der Waals surface area contributed by atoms with Crippen molar-refractivity contribution < 1.29 is 13.2 Å². The number of para-hydroxylation sites is 1. The molecule has 1 atom stereocenters. The summed E-state index contributed by atoms with van der Waals surface area (Å²) in [6, 6.07) is 8.70. The molecule has 1 fully saturated rings. The number of anilines is 1. The summed E-state index contributed by atoms with van der Waals surface area (Å²) < 4.78 is 24.9. The highest BCUT2D eigenvalue weighted by Crippen LogP contribution is 2.25. The van der Waals surface area contributed by atoms with Gasteiger partial charge in [-0.25, -0.2) is 13.2 Å². The maximum atomic E-state index is 12.4. The van der Waals surface area contributed by atoms with Crippen molar-refractivity contribution in [2.24, 2.45) is 0 Å². The van der Waals surface area contributed by atoms with Crippen LogP contribution in [0.5, 0.6) is 0 Å². The first-order chi connectivity index (χ1) is 10.0. The second kappa shape index (κ2) is 7.17. The molecule has 1 saturated heterocycles. The fourth-order valence-corrected chi connectivity index (χ4v) is 4.91. The first-order valence-corrected chi connectivity index (χ1v) is 9.77. The van der Waals surface area contributed by atoms with Crippen molar-refractivity contribution in [1.29, 1.82) is 0 Å². The molecular formula is C14H20N2O3S2. The summed E-state index contributed by atoms with van der Waals surface area (Å²) in [5.41, 5.74) is 0.713. The molecule has 21 heavy (non-hydrogen) atoms. The number of hydrogen-bond donors (Lipinski definition) is 1. The SMILES string of the molecule is CCCSN(C(=O)Nc1ccccc1)C1CCS(=O)(=O)C1. The summed E-state index contributed by atoms with van der Waals surface area (Å²) in [6.45, 7) is 2.03. The molecule has 0 spiro atoms. The van der Waals surface area contributed by atoms with Gasteiger partial charge in [0.25, 0.3) is 0 Å².